The van der Waals surface area contributed by atoms with E-state index in [4.69, 9.17) is 4.74 Å². The van der Waals surface area contributed by atoms with Crippen molar-refractivity contribution < 1.29 is 9.53 Å². The van der Waals surface area contributed by atoms with Gasteiger partial charge in [0.1, 0.15) is 11.6 Å². The number of aromatic nitrogens is 3. The molecule has 1 aromatic carbocycles. The topological polar surface area (TPSA) is 79.9 Å². The molecule has 0 saturated carbocycles. The van der Waals surface area contributed by atoms with Gasteiger partial charge in [-0.15, -0.1) is 0 Å². The summed E-state index contributed by atoms with van der Waals surface area (Å²) in [6, 6.07) is 5.90. The highest BCUT2D eigenvalue weighted by Crippen LogP contribution is 2.20. The average molecular weight is 288 g/mol. The number of aryl methyl sites for hydroxylation is 2. The van der Waals surface area contributed by atoms with E-state index in [0.717, 1.165) is 17.1 Å². The van der Waals surface area contributed by atoms with Crippen molar-refractivity contribution in [3.8, 4) is 5.75 Å². The first-order valence-corrected chi connectivity index (χ1v) is 6.90. The molecular weight excluding hydrogens is 268 g/mol. The molecule has 1 heterocycles. The molecule has 0 aliphatic rings. The monoisotopic (exact) mass is 288 g/mol. The third-order valence-corrected chi connectivity index (χ3v) is 3.23. The summed E-state index contributed by atoms with van der Waals surface area (Å²) in [5.74, 6) is 2.06. The molecule has 2 N–H and O–H groups in total. The van der Waals surface area contributed by atoms with Crippen molar-refractivity contribution >= 4 is 5.91 Å². The zero-order valence-electron chi connectivity index (χ0n) is 12.6. The lowest BCUT2D eigenvalue weighted by Gasteiger charge is -2.10. The van der Waals surface area contributed by atoms with Crippen LogP contribution in [0.4, 0.5) is 0 Å². The quantitative estimate of drug-likeness (QED) is 0.849. The van der Waals surface area contributed by atoms with Crippen LogP contribution < -0.4 is 10.1 Å². The Kier molecular flexibility index (Phi) is 4.92. The number of benzene rings is 1. The van der Waals surface area contributed by atoms with Gasteiger partial charge < -0.3 is 10.1 Å². The Hall–Kier alpha value is -2.37. The van der Waals surface area contributed by atoms with E-state index in [-0.39, 0.29) is 5.91 Å². The van der Waals surface area contributed by atoms with Gasteiger partial charge >= 0.3 is 0 Å². The van der Waals surface area contributed by atoms with Crippen molar-refractivity contribution in [1.29, 1.82) is 0 Å². The molecule has 6 heteroatoms. The maximum absolute atomic E-state index is 11.7. The van der Waals surface area contributed by atoms with Crippen molar-refractivity contribution in [2.75, 3.05) is 6.61 Å². The summed E-state index contributed by atoms with van der Waals surface area (Å²) in [5.41, 5.74) is 2.28. The van der Waals surface area contributed by atoms with Gasteiger partial charge in [-0.3, -0.25) is 9.89 Å². The molecule has 0 aliphatic heterocycles. The van der Waals surface area contributed by atoms with Crippen LogP contribution in [0.1, 0.15) is 29.2 Å². The number of H-pyrrole nitrogens is 1. The van der Waals surface area contributed by atoms with Crippen LogP contribution in [0, 0.1) is 20.8 Å². The molecule has 21 heavy (non-hydrogen) atoms. The predicted octanol–water partition coefficient (Wildman–Crippen LogP) is 1.82. The summed E-state index contributed by atoms with van der Waals surface area (Å²) >= 11 is 0. The molecular formula is C15H20N4O2. The molecule has 0 saturated heterocycles. The van der Waals surface area contributed by atoms with Crippen molar-refractivity contribution in [2.24, 2.45) is 0 Å². The highest BCUT2D eigenvalue weighted by molar-refractivity contribution is 5.75. The van der Waals surface area contributed by atoms with Gasteiger partial charge in [-0.1, -0.05) is 12.1 Å². The lowest BCUT2D eigenvalue weighted by Crippen LogP contribution is -2.25. The number of aromatic amines is 1. The number of rotatable bonds is 6. The van der Waals surface area contributed by atoms with Crippen LogP contribution in [-0.2, 0) is 11.3 Å². The molecule has 0 bridgehead atoms. The molecule has 1 aromatic heterocycles. The molecule has 0 fully saturated rings. The van der Waals surface area contributed by atoms with Gasteiger partial charge in [0.05, 0.1) is 19.6 Å². The van der Waals surface area contributed by atoms with Gasteiger partial charge in [-0.2, -0.15) is 5.10 Å². The summed E-state index contributed by atoms with van der Waals surface area (Å²) in [6.45, 7) is 6.54. The molecule has 112 valence electrons. The first-order chi connectivity index (χ1) is 10.1. The molecule has 0 radical (unpaired) electrons. The van der Waals surface area contributed by atoms with Crippen LogP contribution in [0.25, 0.3) is 0 Å². The Balaban J connectivity index is 1.73. The van der Waals surface area contributed by atoms with Gasteiger partial charge in [-0.25, -0.2) is 4.98 Å². The fourth-order valence-electron chi connectivity index (χ4n) is 1.87. The fourth-order valence-corrected chi connectivity index (χ4v) is 1.87. The Morgan fingerprint density at radius 1 is 1.33 bits per heavy atom. The lowest BCUT2D eigenvalue weighted by atomic mass is 10.1. The van der Waals surface area contributed by atoms with E-state index in [1.165, 1.54) is 5.56 Å². The normalized spacial score (nSPS) is 10.4. The van der Waals surface area contributed by atoms with Gasteiger partial charge in [-0.05, 0) is 38.0 Å². The van der Waals surface area contributed by atoms with Crippen molar-refractivity contribution in [3.63, 3.8) is 0 Å². The molecule has 0 unspecified atom stereocenters. The summed E-state index contributed by atoms with van der Waals surface area (Å²) < 4.78 is 5.65. The lowest BCUT2D eigenvalue weighted by molar-refractivity contribution is -0.121. The molecule has 1 amide bonds. The van der Waals surface area contributed by atoms with Crippen LogP contribution >= 0.6 is 0 Å². The maximum atomic E-state index is 11.7. The third kappa shape index (κ3) is 4.30. The number of hydrogen-bond acceptors (Lipinski definition) is 4. The number of amides is 1. The van der Waals surface area contributed by atoms with E-state index in [1.807, 2.05) is 39.0 Å². The van der Waals surface area contributed by atoms with Gasteiger partial charge in [0.2, 0.25) is 5.91 Å². The largest absolute Gasteiger partial charge is 0.493 e. The second kappa shape index (κ2) is 6.88. The summed E-state index contributed by atoms with van der Waals surface area (Å²) in [6.07, 6.45) is 0.302. The molecule has 0 aliphatic carbocycles. The number of ether oxygens (including phenoxy) is 1. The smallest absolute Gasteiger partial charge is 0.223 e. The van der Waals surface area contributed by atoms with Crippen LogP contribution in [0.5, 0.6) is 5.75 Å². The Bertz CT molecular complexity index is 622. The highest BCUT2D eigenvalue weighted by atomic mass is 16.5. The molecule has 0 atom stereocenters. The fraction of sp³-hybridized carbons (Fsp3) is 0.400. The van der Waals surface area contributed by atoms with E-state index in [2.05, 4.69) is 20.5 Å². The Morgan fingerprint density at radius 2 is 2.14 bits per heavy atom. The number of carbonyl (C=O) groups excluding carboxylic acids is 1. The van der Waals surface area contributed by atoms with Crippen molar-refractivity contribution in [3.05, 3.63) is 41.0 Å². The minimum atomic E-state index is -0.0808. The molecule has 6 nitrogen and oxygen atoms in total. The number of carbonyl (C=O) groups is 1. The van der Waals surface area contributed by atoms with Crippen LogP contribution in [0.15, 0.2) is 18.2 Å². The Morgan fingerprint density at radius 3 is 2.86 bits per heavy atom. The first kappa shape index (κ1) is 15.0. The first-order valence-electron chi connectivity index (χ1n) is 6.90. The van der Waals surface area contributed by atoms with Crippen LogP contribution in [-0.4, -0.2) is 27.7 Å². The van der Waals surface area contributed by atoms with Crippen LogP contribution in [0.2, 0.25) is 0 Å². The minimum absolute atomic E-state index is 0.0808. The molecule has 2 rings (SSSR count). The van der Waals surface area contributed by atoms with Gasteiger partial charge in [0.25, 0.3) is 0 Å². The van der Waals surface area contributed by atoms with Gasteiger partial charge in [0, 0.05) is 0 Å². The second-order valence-electron chi connectivity index (χ2n) is 4.91. The molecule has 0 spiro atoms. The van der Waals surface area contributed by atoms with E-state index in [1.54, 1.807) is 0 Å². The maximum Gasteiger partial charge on any atom is 0.223 e. The van der Waals surface area contributed by atoms with Crippen molar-refractivity contribution in [2.45, 2.75) is 33.7 Å². The number of nitrogens with one attached hydrogen (secondary N) is 2. The summed E-state index contributed by atoms with van der Waals surface area (Å²) in [4.78, 5) is 15.8. The zero-order valence-corrected chi connectivity index (χ0v) is 12.6. The number of nitrogens with zero attached hydrogens (tertiary/aromatic N) is 2. The third-order valence-electron chi connectivity index (χ3n) is 3.23. The van der Waals surface area contributed by atoms with Crippen LogP contribution in [0.3, 0.4) is 0 Å². The second-order valence-corrected chi connectivity index (χ2v) is 4.91. The van der Waals surface area contributed by atoms with E-state index in [0.29, 0.717) is 25.4 Å². The zero-order chi connectivity index (χ0) is 15.2. The number of hydrogen-bond donors (Lipinski definition) is 2. The predicted molar refractivity (Wildman–Crippen MR) is 79.0 cm³/mol. The van der Waals surface area contributed by atoms with E-state index < -0.39 is 0 Å². The van der Waals surface area contributed by atoms with Crippen molar-refractivity contribution in [1.82, 2.24) is 20.5 Å². The Labute approximate surface area is 123 Å². The average Bonchev–Trinajstić information content (AvgIpc) is 2.87. The SMILES string of the molecule is Cc1nc(CNC(=O)CCOc2cccc(C)c2C)n[nH]1. The summed E-state index contributed by atoms with van der Waals surface area (Å²) in [5, 5.41) is 9.45. The van der Waals surface area contributed by atoms with Gasteiger partial charge in [0.15, 0.2) is 5.82 Å². The highest BCUT2D eigenvalue weighted by Gasteiger charge is 2.06. The minimum Gasteiger partial charge on any atom is -0.493 e. The standard InChI is InChI=1S/C15H20N4O2/c1-10-5-4-6-13(11(10)2)21-8-7-15(20)16-9-14-17-12(3)18-19-14/h4-6H,7-9H2,1-3H3,(H,16,20)(H,17,18,19). The van der Waals surface area contributed by atoms with E-state index in [9.17, 15) is 4.79 Å². The van der Waals surface area contributed by atoms with E-state index >= 15 is 0 Å². The molecule has 2 aromatic rings. The summed E-state index contributed by atoms with van der Waals surface area (Å²) in [7, 11) is 0.